The zero-order valence-corrected chi connectivity index (χ0v) is 16.9. The SMILES string of the molecule is O=C(Nc1nnc(N2CCN(Cc3ccc(F)c(F)c3)CC2)s1)NC1CCCC1. The van der Waals surface area contributed by atoms with E-state index in [-0.39, 0.29) is 12.1 Å². The summed E-state index contributed by atoms with van der Waals surface area (Å²) in [4.78, 5) is 16.4. The smallest absolute Gasteiger partial charge is 0.321 e. The van der Waals surface area contributed by atoms with Gasteiger partial charge in [-0.1, -0.05) is 30.2 Å². The molecule has 0 spiro atoms. The minimum Gasteiger partial charge on any atom is -0.344 e. The van der Waals surface area contributed by atoms with Crippen LogP contribution in [0.15, 0.2) is 18.2 Å². The normalized spacial score (nSPS) is 18.2. The van der Waals surface area contributed by atoms with Gasteiger partial charge in [0.2, 0.25) is 10.3 Å². The maximum Gasteiger partial charge on any atom is 0.321 e. The van der Waals surface area contributed by atoms with E-state index in [0.29, 0.717) is 11.7 Å². The van der Waals surface area contributed by atoms with Crippen LogP contribution >= 0.6 is 11.3 Å². The van der Waals surface area contributed by atoms with Crippen molar-refractivity contribution in [3.8, 4) is 0 Å². The molecular formula is C19H24F2N6OS. The Morgan fingerprint density at radius 3 is 2.59 bits per heavy atom. The molecule has 2 amide bonds. The molecule has 0 atom stereocenters. The Labute approximate surface area is 172 Å². The van der Waals surface area contributed by atoms with Crippen LogP contribution in [0.5, 0.6) is 0 Å². The van der Waals surface area contributed by atoms with Gasteiger partial charge in [-0.15, -0.1) is 10.2 Å². The Morgan fingerprint density at radius 1 is 1.10 bits per heavy atom. The van der Waals surface area contributed by atoms with E-state index < -0.39 is 11.6 Å². The lowest BCUT2D eigenvalue weighted by Gasteiger charge is -2.34. The van der Waals surface area contributed by atoms with Crippen LogP contribution in [0.25, 0.3) is 0 Å². The lowest BCUT2D eigenvalue weighted by molar-refractivity contribution is 0.248. The van der Waals surface area contributed by atoms with Crippen LogP contribution in [-0.4, -0.2) is 53.3 Å². The van der Waals surface area contributed by atoms with Crippen LogP contribution in [0.2, 0.25) is 0 Å². The van der Waals surface area contributed by atoms with Crippen LogP contribution in [0.1, 0.15) is 31.2 Å². The van der Waals surface area contributed by atoms with Crippen molar-refractivity contribution in [2.75, 3.05) is 36.4 Å². The topological polar surface area (TPSA) is 73.4 Å². The molecule has 1 aromatic carbocycles. The first-order valence-corrected chi connectivity index (χ1v) is 10.7. The number of hydrogen-bond acceptors (Lipinski definition) is 6. The van der Waals surface area contributed by atoms with E-state index in [0.717, 1.165) is 62.6 Å². The number of carbonyl (C=O) groups excluding carboxylic acids is 1. The summed E-state index contributed by atoms with van der Waals surface area (Å²) >= 11 is 1.36. The van der Waals surface area contributed by atoms with E-state index in [1.165, 1.54) is 23.5 Å². The fourth-order valence-corrected chi connectivity index (χ4v) is 4.57. The number of hydrogen-bond donors (Lipinski definition) is 2. The number of nitrogens with one attached hydrogen (secondary N) is 2. The summed E-state index contributed by atoms with van der Waals surface area (Å²) in [6.07, 6.45) is 4.39. The number of halogens is 2. The second-order valence-corrected chi connectivity index (χ2v) is 8.44. The summed E-state index contributed by atoms with van der Waals surface area (Å²) in [7, 11) is 0. The average Bonchev–Trinajstić information content (AvgIpc) is 3.38. The Balaban J connectivity index is 1.25. The molecule has 10 heteroatoms. The molecule has 1 saturated heterocycles. The quantitative estimate of drug-likeness (QED) is 0.774. The fourth-order valence-electron chi connectivity index (χ4n) is 3.78. The molecule has 2 heterocycles. The van der Waals surface area contributed by atoms with E-state index in [2.05, 4.69) is 30.6 Å². The van der Waals surface area contributed by atoms with Gasteiger partial charge in [0.15, 0.2) is 11.6 Å². The first-order valence-electron chi connectivity index (χ1n) is 9.89. The Kier molecular flexibility index (Phi) is 6.19. The largest absolute Gasteiger partial charge is 0.344 e. The molecule has 4 rings (SSSR count). The number of amides is 2. The summed E-state index contributed by atoms with van der Waals surface area (Å²) < 4.78 is 26.4. The standard InChI is InChI=1S/C19H24F2N6OS/c20-15-6-5-13(11-16(15)21)12-26-7-9-27(10-8-26)19-25-24-18(29-19)23-17(28)22-14-3-1-2-4-14/h5-6,11,14H,1-4,7-10,12H2,(H2,22,23,24,28). The summed E-state index contributed by atoms with van der Waals surface area (Å²) in [6, 6.07) is 4.06. The van der Waals surface area contributed by atoms with E-state index in [1.807, 2.05) is 0 Å². The van der Waals surface area contributed by atoms with Gasteiger partial charge in [0.25, 0.3) is 0 Å². The number of nitrogens with zero attached hydrogens (tertiary/aromatic N) is 4. The van der Waals surface area contributed by atoms with Gasteiger partial charge in [0.1, 0.15) is 0 Å². The van der Waals surface area contributed by atoms with E-state index >= 15 is 0 Å². The Morgan fingerprint density at radius 2 is 1.86 bits per heavy atom. The zero-order chi connectivity index (χ0) is 20.2. The Hall–Kier alpha value is -2.33. The van der Waals surface area contributed by atoms with E-state index in [1.54, 1.807) is 6.07 Å². The summed E-state index contributed by atoms with van der Waals surface area (Å²) in [5, 5.41) is 15.3. The molecule has 1 saturated carbocycles. The van der Waals surface area contributed by atoms with Gasteiger partial charge in [-0.25, -0.2) is 13.6 Å². The zero-order valence-electron chi connectivity index (χ0n) is 16.0. The van der Waals surface area contributed by atoms with E-state index in [9.17, 15) is 13.6 Å². The third-order valence-electron chi connectivity index (χ3n) is 5.36. The van der Waals surface area contributed by atoms with Gasteiger partial charge in [0.05, 0.1) is 0 Å². The molecular weight excluding hydrogens is 398 g/mol. The first kappa shape index (κ1) is 20.0. The summed E-state index contributed by atoms with van der Waals surface area (Å²) in [5.74, 6) is -1.64. The highest BCUT2D eigenvalue weighted by atomic mass is 32.1. The number of anilines is 2. The molecule has 0 radical (unpaired) electrons. The minimum absolute atomic E-state index is 0.226. The van der Waals surface area contributed by atoms with Crippen molar-refractivity contribution in [1.29, 1.82) is 0 Å². The van der Waals surface area contributed by atoms with Crippen LogP contribution in [0, 0.1) is 11.6 Å². The summed E-state index contributed by atoms with van der Waals surface area (Å²) in [5.41, 5.74) is 0.757. The van der Waals surface area contributed by atoms with Crippen molar-refractivity contribution in [3.05, 3.63) is 35.4 Å². The van der Waals surface area contributed by atoms with Gasteiger partial charge in [-0.3, -0.25) is 10.2 Å². The van der Waals surface area contributed by atoms with Gasteiger partial charge in [-0.2, -0.15) is 0 Å². The maximum atomic E-state index is 13.4. The van der Waals surface area contributed by atoms with Gasteiger partial charge in [-0.05, 0) is 30.5 Å². The van der Waals surface area contributed by atoms with Crippen molar-refractivity contribution in [2.45, 2.75) is 38.3 Å². The van der Waals surface area contributed by atoms with Gasteiger partial charge >= 0.3 is 6.03 Å². The number of benzene rings is 1. The van der Waals surface area contributed by atoms with E-state index in [4.69, 9.17) is 0 Å². The van der Waals surface area contributed by atoms with Crippen molar-refractivity contribution in [3.63, 3.8) is 0 Å². The third-order valence-corrected chi connectivity index (χ3v) is 6.26. The molecule has 29 heavy (non-hydrogen) atoms. The fraction of sp³-hybridized carbons (Fsp3) is 0.526. The molecule has 156 valence electrons. The first-order chi connectivity index (χ1) is 14.1. The second-order valence-electron chi connectivity index (χ2n) is 7.48. The van der Waals surface area contributed by atoms with Crippen molar-refractivity contribution < 1.29 is 13.6 Å². The molecule has 1 aliphatic heterocycles. The lowest BCUT2D eigenvalue weighted by Crippen LogP contribution is -2.46. The molecule has 7 nitrogen and oxygen atoms in total. The van der Waals surface area contributed by atoms with Crippen LogP contribution in [0.3, 0.4) is 0 Å². The molecule has 2 aliphatic rings. The molecule has 2 aromatic rings. The number of carbonyl (C=O) groups is 1. The minimum atomic E-state index is -0.823. The number of aromatic nitrogens is 2. The predicted molar refractivity (Wildman–Crippen MR) is 108 cm³/mol. The average molecular weight is 423 g/mol. The number of piperazine rings is 1. The molecule has 1 aliphatic carbocycles. The van der Waals surface area contributed by atoms with Gasteiger partial charge < -0.3 is 10.2 Å². The maximum absolute atomic E-state index is 13.4. The van der Waals surface area contributed by atoms with Crippen molar-refractivity contribution in [2.24, 2.45) is 0 Å². The number of urea groups is 1. The highest BCUT2D eigenvalue weighted by Gasteiger charge is 2.22. The molecule has 2 N–H and O–H groups in total. The molecule has 0 unspecified atom stereocenters. The predicted octanol–water partition coefficient (Wildman–Crippen LogP) is 3.20. The van der Waals surface area contributed by atoms with Crippen molar-refractivity contribution in [1.82, 2.24) is 20.4 Å². The lowest BCUT2D eigenvalue weighted by atomic mass is 10.2. The second kappa shape index (κ2) is 9.00. The molecule has 0 bridgehead atoms. The van der Waals surface area contributed by atoms with Crippen molar-refractivity contribution >= 4 is 27.6 Å². The monoisotopic (exact) mass is 422 g/mol. The molecule has 2 fully saturated rings. The van der Waals surface area contributed by atoms with Crippen LogP contribution in [0.4, 0.5) is 23.8 Å². The molecule has 1 aromatic heterocycles. The van der Waals surface area contributed by atoms with Crippen LogP contribution in [-0.2, 0) is 6.54 Å². The number of rotatable bonds is 5. The van der Waals surface area contributed by atoms with Crippen LogP contribution < -0.4 is 15.5 Å². The highest BCUT2D eigenvalue weighted by Crippen LogP contribution is 2.25. The summed E-state index contributed by atoms with van der Waals surface area (Å²) in [6.45, 7) is 3.65. The highest BCUT2D eigenvalue weighted by molar-refractivity contribution is 7.19. The van der Waals surface area contributed by atoms with Gasteiger partial charge in [0, 0.05) is 38.8 Å². The Bertz CT molecular complexity index is 849. The third kappa shape index (κ3) is 5.18.